The van der Waals surface area contributed by atoms with Crippen molar-refractivity contribution in [3.8, 4) is 0 Å². The lowest BCUT2D eigenvalue weighted by Crippen LogP contribution is -2.26. The first-order valence-electron chi connectivity index (χ1n) is 5.09. The van der Waals surface area contributed by atoms with Gasteiger partial charge in [0.2, 0.25) is 20.0 Å². The minimum Gasteiger partial charge on any atom is -0.213 e. The largest absolute Gasteiger partial charge is 0.242 e. The standard InChI is InChI=1S/C10H16N2O4S2/c1-12(2)18(15,16)10-7-5-4-6-9(10)8-11-17(3,13)14/h4-7,11H,8H2,1-3H3. The number of nitrogens with one attached hydrogen (secondary N) is 1. The Balaban J connectivity index is 3.16. The highest BCUT2D eigenvalue weighted by Gasteiger charge is 2.20. The van der Waals surface area contributed by atoms with E-state index in [9.17, 15) is 16.8 Å². The van der Waals surface area contributed by atoms with Crippen molar-refractivity contribution in [3.63, 3.8) is 0 Å². The number of hydrogen-bond donors (Lipinski definition) is 1. The van der Waals surface area contributed by atoms with Gasteiger partial charge >= 0.3 is 0 Å². The van der Waals surface area contributed by atoms with Gasteiger partial charge in [-0.1, -0.05) is 18.2 Å². The van der Waals surface area contributed by atoms with E-state index in [1.807, 2.05) is 0 Å². The molecule has 1 rings (SSSR count). The summed E-state index contributed by atoms with van der Waals surface area (Å²) in [5.41, 5.74) is 0.414. The summed E-state index contributed by atoms with van der Waals surface area (Å²) in [6.45, 7) is -0.0535. The van der Waals surface area contributed by atoms with Gasteiger partial charge in [-0.15, -0.1) is 0 Å². The lowest BCUT2D eigenvalue weighted by molar-refractivity contribution is 0.519. The Kier molecular flexibility index (Phi) is 4.49. The van der Waals surface area contributed by atoms with Crippen LogP contribution in [-0.4, -0.2) is 41.5 Å². The van der Waals surface area contributed by atoms with Crippen molar-refractivity contribution in [2.24, 2.45) is 0 Å². The first-order chi connectivity index (χ1) is 8.14. The van der Waals surface area contributed by atoms with Gasteiger partial charge in [-0.2, -0.15) is 0 Å². The molecule has 1 N–H and O–H groups in total. The quantitative estimate of drug-likeness (QED) is 0.827. The summed E-state index contributed by atoms with van der Waals surface area (Å²) in [6.07, 6.45) is 1.02. The van der Waals surface area contributed by atoms with Gasteiger partial charge in [0.05, 0.1) is 11.2 Å². The van der Waals surface area contributed by atoms with Gasteiger partial charge in [-0.05, 0) is 11.6 Å². The van der Waals surface area contributed by atoms with Gasteiger partial charge in [-0.25, -0.2) is 25.9 Å². The monoisotopic (exact) mass is 292 g/mol. The van der Waals surface area contributed by atoms with Gasteiger partial charge in [0.25, 0.3) is 0 Å². The van der Waals surface area contributed by atoms with Crippen LogP contribution in [0.5, 0.6) is 0 Å². The lowest BCUT2D eigenvalue weighted by Gasteiger charge is -2.15. The van der Waals surface area contributed by atoms with E-state index in [4.69, 9.17) is 0 Å². The molecule has 6 nitrogen and oxygen atoms in total. The van der Waals surface area contributed by atoms with E-state index in [2.05, 4.69) is 4.72 Å². The highest BCUT2D eigenvalue weighted by molar-refractivity contribution is 7.89. The Morgan fingerprint density at radius 2 is 1.67 bits per heavy atom. The summed E-state index contributed by atoms with van der Waals surface area (Å²) in [5.74, 6) is 0. The lowest BCUT2D eigenvalue weighted by atomic mass is 10.2. The summed E-state index contributed by atoms with van der Waals surface area (Å²) in [7, 11) is -4.09. The van der Waals surface area contributed by atoms with Crippen LogP contribution in [0.1, 0.15) is 5.56 Å². The van der Waals surface area contributed by atoms with Crippen LogP contribution < -0.4 is 4.72 Å². The highest BCUT2D eigenvalue weighted by Crippen LogP contribution is 2.18. The molecule has 0 aromatic heterocycles. The summed E-state index contributed by atoms with van der Waals surface area (Å²) < 4.78 is 49.5. The fourth-order valence-electron chi connectivity index (χ4n) is 1.31. The maximum atomic E-state index is 12.0. The highest BCUT2D eigenvalue weighted by atomic mass is 32.2. The third kappa shape index (κ3) is 3.77. The Bertz CT molecular complexity index is 621. The number of benzene rings is 1. The molecule has 0 atom stereocenters. The maximum Gasteiger partial charge on any atom is 0.242 e. The number of nitrogens with zero attached hydrogens (tertiary/aromatic N) is 1. The molecule has 1 aromatic carbocycles. The summed E-state index contributed by atoms with van der Waals surface area (Å²) in [4.78, 5) is 0.103. The number of hydrogen-bond acceptors (Lipinski definition) is 4. The summed E-state index contributed by atoms with van der Waals surface area (Å²) in [5, 5.41) is 0. The van der Waals surface area contributed by atoms with E-state index in [0.717, 1.165) is 10.6 Å². The molecule has 0 heterocycles. The maximum absolute atomic E-state index is 12.0. The number of sulfonamides is 2. The first-order valence-corrected chi connectivity index (χ1v) is 8.43. The molecule has 0 spiro atoms. The van der Waals surface area contributed by atoms with Crippen LogP contribution in [0.3, 0.4) is 0 Å². The smallest absolute Gasteiger partial charge is 0.213 e. The minimum atomic E-state index is -3.58. The molecule has 102 valence electrons. The molecule has 0 saturated carbocycles. The summed E-state index contributed by atoms with van der Waals surface area (Å²) >= 11 is 0. The van der Waals surface area contributed by atoms with E-state index >= 15 is 0 Å². The molecular formula is C10H16N2O4S2. The molecule has 0 radical (unpaired) electrons. The third-order valence-electron chi connectivity index (χ3n) is 2.26. The zero-order valence-corrected chi connectivity index (χ0v) is 12.0. The van der Waals surface area contributed by atoms with Gasteiger partial charge in [-0.3, -0.25) is 0 Å². The van der Waals surface area contributed by atoms with Crippen molar-refractivity contribution in [2.45, 2.75) is 11.4 Å². The van der Waals surface area contributed by atoms with Crippen LogP contribution in [0.4, 0.5) is 0 Å². The van der Waals surface area contributed by atoms with Crippen molar-refractivity contribution in [2.75, 3.05) is 20.4 Å². The molecule has 1 aromatic rings. The van der Waals surface area contributed by atoms with Crippen molar-refractivity contribution in [1.29, 1.82) is 0 Å². The van der Waals surface area contributed by atoms with Gasteiger partial charge in [0.1, 0.15) is 0 Å². The van der Waals surface area contributed by atoms with Crippen molar-refractivity contribution < 1.29 is 16.8 Å². The normalized spacial score (nSPS) is 12.9. The Morgan fingerprint density at radius 1 is 1.11 bits per heavy atom. The first kappa shape index (κ1) is 15.1. The topological polar surface area (TPSA) is 83.6 Å². The molecule has 0 fully saturated rings. The predicted octanol–water partition coefficient (Wildman–Crippen LogP) is -0.0139. The average Bonchev–Trinajstić information content (AvgIpc) is 2.25. The van der Waals surface area contributed by atoms with E-state index in [0.29, 0.717) is 5.56 Å². The van der Waals surface area contributed by atoms with Crippen molar-refractivity contribution in [3.05, 3.63) is 29.8 Å². The molecular weight excluding hydrogens is 276 g/mol. The Labute approximate surface area is 108 Å². The fraction of sp³-hybridized carbons (Fsp3) is 0.400. The Hall–Kier alpha value is -0.960. The molecule has 0 aliphatic carbocycles. The molecule has 0 saturated heterocycles. The third-order valence-corrected chi connectivity index (χ3v) is 4.84. The zero-order chi connectivity index (χ0) is 14.0. The fourth-order valence-corrected chi connectivity index (χ4v) is 2.84. The van der Waals surface area contributed by atoms with Crippen molar-refractivity contribution >= 4 is 20.0 Å². The molecule has 0 bridgehead atoms. The van der Waals surface area contributed by atoms with Crippen LogP contribution in [0.15, 0.2) is 29.2 Å². The predicted molar refractivity (Wildman–Crippen MR) is 69.0 cm³/mol. The zero-order valence-electron chi connectivity index (χ0n) is 10.4. The second-order valence-electron chi connectivity index (χ2n) is 3.99. The molecule has 18 heavy (non-hydrogen) atoms. The van der Waals surface area contributed by atoms with Crippen LogP contribution >= 0.6 is 0 Å². The van der Waals surface area contributed by atoms with Crippen LogP contribution in [0.25, 0.3) is 0 Å². The molecule has 0 amide bonds. The van der Waals surface area contributed by atoms with Gasteiger partial charge < -0.3 is 0 Å². The molecule has 0 unspecified atom stereocenters. The molecule has 0 aliphatic rings. The molecule has 8 heteroatoms. The Morgan fingerprint density at radius 3 is 2.17 bits per heavy atom. The number of rotatable bonds is 5. The van der Waals surface area contributed by atoms with E-state index in [1.165, 1.54) is 20.2 Å². The van der Waals surface area contributed by atoms with Crippen LogP contribution in [0.2, 0.25) is 0 Å². The summed E-state index contributed by atoms with van der Waals surface area (Å²) in [6, 6.07) is 6.29. The molecule has 0 aliphatic heterocycles. The van der Waals surface area contributed by atoms with E-state index < -0.39 is 20.0 Å². The van der Waals surface area contributed by atoms with Gasteiger partial charge in [0.15, 0.2) is 0 Å². The second kappa shape index (κ2) is 5.35. The van der Waals surface area contributed by atoms with E-state index in [1.54, 1.807) is 18.2 Å². The average molecular weight is 292 g/mol. The van der Waals surface area contributed by atoms with E-state index in [-0.39, 0.29) is 11.4 Å². The minimum absolute atomic E-state index is 0.0535. The van der Waals surface area contributed by atoms with Crippen LogP contribution in [-0.2, 0) is 26.6 Å². The van der Waals surface area contributed by atoms with Crippen molar-refractivity contribution in [1.82, 2.24) is 9.03 Å². The second-order valence-corrected chi connectivity index (χ2v) is 7.94. The van der Waals surface area contributed by atoms with Gasteiger partial charge in [0, 0.05) is 20.6 Å². The van der Waals surface area contributed by atoms with Crippen LogP contribution in [0, 0.1) is 0 Å². The SMILES string of the molecule is CN(C)S(=O)(=O)c1ccccc1CNS(C)(=O)=O.